The van der Waals surface area contributed by atoms with E-state index >= 15 is 0 Å². The van der Waals surface area contributed by atoms with Gasteiger partial charge in [-0.1, -0.05) is 24.3 Å². The smallest absolute Gasteiger partial charge is 0.426 e. The largest absolute Gasteiger partial charge is 0.573 e. The predicted octanol–water partition coefficient (Wildman–Crippen LogP) is 3.87. The number of hydrogen-bond donors (Lipinski definition) is 0. The molecule has 0 N–H and O–H groups in total. The Morgan fingerprint density at radius 3 is 2.36 bits per heavy atom. The number of benzene rings is 2. The zero-order valence-electron chi connectivity index (χ0n) is 11.1. The number of para-hydroxylation sites is 1. The third-order valence-corrected chi connectivity index (χ3v) is 2.54. The van der Waals surface area contributed by atoms with Crippen LogP contribution in [-0.4, -0.2) is 12.3 Å². The lowest BCUT2D eigenvalue weighted by atomic mass is 10.1. The van der Waals surface area contributed by atoms with E-state index in [0.717, 1.165) is 12.1 Å². The average molecular weight is 314 g/mol. The van der Waals surface area contributed by atoms with Crippen LogP contribution in [0.1, 0.15) is 5.56 Å². The van der Waals surface area contributed by atoms with E-state index in [2.05, 4.69) is 4.74 Å². The number of carbonyl (C=O) groups excluding carboxylic acids is 1. The lowest BCUT2D eigenvalue weighted by Gasteiger charge is -2.11. The van der Waals surface area contributed by atoms with Gasteiger partial charge in [0, 0.05) is 0 Å². The molecule has 2 aromatic carbocycles. The van der Waals surface area contributed by atoms with E-state index in [-0.39, 0.29) is 12.0 Å². The van der Waals surface area contributed by atoms with Crippen molar-refractivity contribution in [2.45, 2.75) is 12.8 Å². The van der Waals surface area contributed by atoms with Gasteiger partial charge < -0.3 is 9.47 Å². The molecule has 0 aliphatic carbocycles. The van der Waals surface area contributed by atoms with Crippen molar-refractivity contribution in [2.75, 3.05) is 0 Å². The van der Waals surface area contributed by atoms with Gasteiger partial charge in [0.2, 0.25) is 0 Å². The van der Waals surface area contributed by atoms with Crippen molar-refractivity contribution in [1.29, 1.82) is 0 Å². The summed E-state index contributed by atoms with van der Waals surface area (Å²) in [4.78, 5) is 11.7. The highest BCUT2D eigenvalue weighted by molar-refractivity contribution is 5.75. The lowest BCUT2D eigenvalue weighted by molar-refractivity contribution is -0.275. The van der Waals surface area contributed by atoms with Gasteiger partial charge >= 0.3 is 12.3 Å². The van der Waals surface area contributed by atoms with E-state index < -0.39 is 23.9 Å². The maximum absolute atomic E-state index is 13.2. The molecule has 2 aromatic rings. The molecular weight excluding hydrogens is 304 g/mol. The molecule has 2 rings (SSSR count). The number of esters is 1. The summed E-state index contributed by atoms with van der Waals surface area (Å²) in [5.74, 6) is -2.54. The van der Waals surface area contributed by atoms with Gasteiger partial charge in [-0.2, -0.15) is 0 Å². The van der Waals surface area contributed by atoms with Crippen molar-refractivity contribution in [2.24, 2.45) is 0 Å². The predicted molar refractivity (Wildman–Crippen MR) is 68.9 cm³/mol. The minimum atomic E-state index is -5.01. The van der Waals surface area contributed by atoms with Crippen molar-refractivity contribution in [3.05, 3.63) is 59.9 Å². The first-order valence-corrected chi connectivity index (χ1v) is 6.13. The van der Waals surface area contributed by atoms with Crippen LogP contribution in [0.2, 0.25) is 0 Å². The average Bonchev–Trinajstić information content (AvgIpc) is 2.42. The molecule has 0 aliphatic rings. The molecule has 0 heterocycles. The van der Waals surface area contributed by atoms with Crippen LogP contribution < -0.4 is 9.47 Å². The summed E-state index contributed by atoms with van der Waals surface area (Å²) in [6.07, 6.45) is -5.33. The number of halogens is 4. The van der Waals surface area contributed by atoms with Crippen molar-refractivity contribution in [1.82, 2.24) is 0 Å². The van der Waals surface area contributed by atoms with Crippen molar-refractivity contribution in [3.8, 4) is 11.5 Å². The summed E-state index contributed by atoms with van der Waals surface area (Å²) in [5, 5.41) is 0. The van der Waals surface area contributed by atoms with Gasteiger partial charge in [0.15, 0.2) is 11.6 Å². The topological polar surface area (TPSA) is 35.5 Å². The quantitative estimate of drug-likeness (QED) is 0.488. The molecule has 0 unspecified atom stereocenters. The molecule has 0 aromatic heterocycles. The minimum absolute atomic E-state index is 0.140. The second-order valence-corrected chi connectivity index (χ2v) is 4.28. The standard InChI is InChI=1S/C15H10F4O3/c16-12-7-6-10(8-13(12)22-15(17,18)19)9-14(20)21-11-4-2-1-3-5-11/h1-8H,9H2. The Bertz CT molecular complexity index is 654. The van der Waals surface area contributed by atoms with Gasteiger partial charge in [-0.25, -0.2) is 4.39 Å². The van der Waals surface area contributed by atoms with Crippen LogP contribution >= 0.6 is 0 Å². The number of hydrogen-bond acceptors (Lipinski definition) is 3. The first-order valence-electron chi connectivity index (χ1n) is 6.13. The van der Waals surface area contributed by atoms with E-state index in [9.17, 15) is 22.4 Å². The van der Waals surface area contributed by atoms with E-state index in [4.69, 9.17) is 4.74 Å². The molecule has 0 atom stereocenters. The first kappa shape index (κ1) is 15.8. The third kappa shape index (κ3) is 4.76. The Kier molecular flexibility index (Phi) is 4.65. The monoisotopic (exact) mass is 314 g/mol. The van der Waals surface area contributed by atoms with Crippen molar-refractivity contribution < 1.29 is 31.8 Å². The lowest BCUT2D eigenvalue weighted by Crippen LogP contribution is -2.18. The normalized spacial score (nSPS) is 11.1. The van der Waals surface area contributed by atoms with Crippen LogP contribution in [0.4, 0.5) is 17.6 Å². The van der Waals surface area contributed by atoms with Crippen LogP contribution in [-0.2, 0) is 11.2 Å². The van der Waals surface area contributed by atoms with Gasteiger partial charge in [0.25, 0.3) is 0 Å². The fourth-order valence-electron chi connectivity index (χ4n) is 1.68. The molecular formula is C15H10F4O3. The Labute approximate surface area is 123 Å². The third-order valence-electron chi connectivity index (χ3n) is 2.54. The van der Waals surface area contributed by atoms with Crippen LogP contribution in [0.5, 0.6) is 11.5 Å². The molecule has 0 aliphatic heterocycles. The maximum Gasteiger partial charge on any atom is 0.573 e. The summed E-state index contributed by atoms with van der Waals surface area (Å²) >= 11 is 0. The van der Waals surface area contributed by atoms with Crippen LogP contribution in [0.25, 0.3) is 0 Å². The highest BCUT2D eigenvalue weighted by atomic mass is 19.4. The van der Waals surface area contributed by atoms with Crippen LogP contribution in [0.15, 0.2) is 48.5 Å². The molecule has 7 heteroatoms. The summed E-state index contributed by atoms with van der Waals surface area (Å²) in [7, 11) is 0. The molecule has 0 bridgehead atoms. The molecule has 3 nitrogen and oxygen atoms in total. The van der Waals surface area contributed by atoms with Gasteiger partial charge in [-0.3, -0.25) is 4.79 Å². The van der Waals surface area contributed by atoms with Gasteiger partial charge in [-0.15, -0.1) is 13.2 Å². The molecule has 116 valence electrons. The Morgan fingerprint density at radius 1 is 1.05 bits per heavy atom. The van der Waals surface area contributed by atoms with Gasteiger partial charge in [0.1, 0.15) is 5.75 Å². The summed E-state index contributed by atoms with van der Waals surface area (Å²) in [6.45, 7) is 0. The zero-order chi connectivity index (χ0) is 16.2. The Balaban J connectivity index is 2.06. The van der Waals surface area contributed by atoms with E-state index in [1.54, 1.807) is 30.3 Å². The van der Waals surface area contributed by atoms with Crippen LogP contribution in [0.3, 0.4) is 0 Å². The SMILES string of the molecule is O=C(Cc1ccc(F)c(OC(F)(F)F)c1)Oc1ccccc1. The fraction of sp³-hybridized carbons (Fsp3) is 0.133. The van der Waals surface area contributed by atoms with Crippen molar-refractivity contribution in [3.63, 3.8) is 0 Å². The molecule has 0 saturated carbocycles. The first-order chi connectivity index (χ1) is 10.3. The zero-order valence-corrected chi connectivity index (χ0v) is 11.1. The fourth-order valence-corrected chi connectivity index (χ4v) is 1.68. The highest BCUT2D eigenvalue weighted by Gasteiger charge is 2.32. The summed E-state index contributed by atoms with van der Waals surface area (Å²) < 4.78 is 58.2. The van der Waals surface area contributed by atoms with E-state index in [1.165, 1.54) is 6.07 Å². The maximum atomic E-state index is 13.2. The Hall–Kier alpha value is -2.57. The minimum Gasteiger partial charge on any atom is -0.426 e. The highest BCUT2D eigenvalue weighted by Crippen LogP contribution is 2.26. The second-order valence-electron chi connectivity index (χ2n) is 4.28. The summed E-state index contributed by atoms with van der Waals surface area (Å²) in [5.41, 5.74) is 0.140. The number of alkyl halides is 3. The van der Waals surface area contributed by atoms with Gasteiger partial charge in [-0.05, 0) is 29.8 Å². The van der Waals surface area contributed by atoms with E-state index in [1.807, 2.05) is 0 Å². The number of rotatable bonds is 4. The number of ether oxygens (including phenoxy) is 2. The molecule has 0 amide bonds. The Morgan fingerprint density at radius 2 is 1.73 bits per heavy atom. The molecule has 0 radical (unpaired) electrons. The number of carbonyl (C=O) groups is 1. The molecule has 0 saturated heterocycles. The van der Waals surface area contributed by atoms with Gasteiger partial charge in [0.05, 0.1) is 6.42 Å². The second kappa shape index (κ2) is 6.46. The summed E-state index contributed by atoms with van der Waals surface area (Å²) in [6, 6.07) is 11.0. The molecule has 0 spiro atoms. The van der Waals surface area contributed by atoms with E-state index in [0.29, 0.717) is 5.75 Å². The van der Waals surface area contributed by atoms with Crippen molar-refractivity contribution >= 4 is 5.97 Å². The molecule has 0 fully saturated rings. The van der Waals surface area contributed by atoms with Crippen LogP contribution in [0, 0.1) is 5.82 Å². The molecule has 22 heavy (non-hydrogen) atoms.